The summed E-state index contributed by atoms with van der Waals surface area (Å²) in [5, 5.41) is 9.32. The molecule has 2 aliphatic rings. The maximum absolute atomic E-state index is 12.6. The zero-order chi connectivity index (χ0) is 18.8. The number of nitrogens with zero attached hydrogens (tertiary/aromatic N) is 1. The second-order valence-electron chi connectivity index (χ2n) is 7.79. The number of benzene rings is 2. The van der Waals surface area contributed by atoms with E-state index in [1.54, 1.807) is 0 Å². The van der Waals surface area contributed by atoms with Crippen LogP contribution in [0.25, 0.3) is 11.1 Å². The summed E-state index contributed by atoms with van der Waals surface area (Å²) in [5.74, 6) is 0.899. The largest absolute Gasteiger partial charge is 0.448 e. The van der Waals surface area contributed by atoms with Crippen LogP contribution < -0.4 is 0 Å². The Bertz CT molecular complexity index is 765. The minimum absolute atomic E-state index is 0.105. The van der Waals surface area contributed by atoms with Crippen molar-refractivity contribution in [3.05, 3.63) is 59.7 Å². The number of carbonyl (C=O) groups excluding carboxylic acids is 1. The van der Waals surface area contributed by atoms with Gasteiger partial charge in [0, 0.05) is 25.6 Å². The Morgan fingerprint density at radius 2 is 1.63 bits per heavy atom. The first-order valence-corrected chi connectivity index (χ1v) is 9.89. The van der Waals surface area contributed by atoms with E-state index in [-0.39, 0.29) is 18.6 Å². The second kappa shape index (κ2) is 7.73. The molecule has 4 heteroatoms. The Labute approximate surface area is 160 Å². The molecule has 2 aromatic carbocycles. The highest BCUT2D eigenvalue weighted by atomic mass is 16.6. The molecule has 0 radical (unpaired) electrons. The minimum Gasteiger partial charge on any atom is -0.448 e. The fourth-order valence-electron chi connectivity index (χ4n) is 4.49. The number of aliphatic hydroxyl groups is 1. The van der Waals surface area contributed by atoms with Crippen molar-refractivity contribution in [3.63, 3.8) is 0 Å². The van der Waals surface area contributed by atoms with Crippen LogP contribution in [0.15, 0.2) is 48.5 Å². The summed E-state index contributed by atoms with van der Waals surface area (Å²) in [6.45, 7) is 4.10. The Hall–Kier alpha value is -2.33. The zero-order valence-electron chi connectivity index (χ0n) is 15.8. The molecule has 0 bridgehead atoms. The number of ether oxygens (including phenoxy) is 1. The predicted molar refractivity (Wildman–Crippen MR) is 106 cm³/mol. The van der Waals surface area contributed by atoms with Gasteiger partial charge >= 0.3 is 6.09 Å². The summed E-state index contributed by atoms with van der Waals surface area (Å²) >= 11 is 0. The number of fused-ring (bicyclic) bond motifs is 3. The molecule has 1 heterocycles. The first-order valence-electron chi connectivity index (χ1n) is 9.89. The Morgan fingerprint density at radius 3 is 2.19 bits per heavy atom. The molecular weight excluding hydrogens is 338 g/mol. The minimum atomic E-state index is -0.216. The van der Waals surface area contributed by atoms with Gasteiger partial charge in [0.1, 0.15) is 6.61 Å². The predicted octanol–water partition coefficient (Wildman–Crippen LogP) is 4.28. The van der Waals surface area contributed by atoms with Gasteiger partial charge in [-0.2, -0.15) is 0 Å². The molecule has 1 saturated heterocycles. The molecule has 1 atom stereocenters. The van der Waals surface area contributed by atoms with E-state index in [0.717, 1.165) is 12.8 Å². The second-order valence-corrected chi connectivity index (χ2v) is 7.79. The molecular formula is C23H27NO3. The maximum Gasteiger partial charge on any atom is 0.409 e. The number of likely N-dealkylation sites (tertiary alicyclic amines) is 1. The number of hydrogen-bond acceptors (Lipinski definition) is 3. The van der Waals surface area contributed by atoms with Gasteiger partial charge < -0.3 is 14.7 Å². The third kappa shape index (κ3) is 3.46. The van der Waals surface area contributed by atoms with Crippen LogP contribution >= 0.6 is 0 Å². The van der Waals surface area contributed by atoms with Gasteiger partial charge in [0.25, 0.3) is 0 Å². The lowest BCUT2D eigenvalue weighted by Crippen LogP contribution is -2.40. The van der Waals surface area contributed by atoms with Crippen LogP contribution in [0.4, 0.5) is 4.79 Å². The summed E-state index contributed by atoms with van der Waals surface area (Å²) in [4.78, 5) is 14.4. The van der Waals surface area contributed by atoms with Crippen LogP contribution in [0.2, 0.25) is 0 Å². The topological polar surface area (TPSA) is 49.8 Å². The molecule has 1 aliphatic carbocycles. The van der Waals surface area contributed by atoms with Crippen molar-refractivity contribution < 1.29 is 14.6 Å². The summed E-state index contributed by atoms with van der Waals surface area (Å²) in [7, 11) is 0. The third-order valence-electron chi connectivity index (χ3n) is 6.23. The van der Waals surface area contributed by atoms with Gasteiger partial charge in [0.2, 0.25) is 0 Å². The maximum atomic E-state index is 12.6. The molecule has 4 nitrogen and oxygen atoms in total. The molecule has 0 saturated carbocycles. The van der Waals surface area contributed by atoms with Crippen LogP contribution in [0.3, 0.4) is 0 Å². The third-order valence-corrected chi connectivity index (χ3v) is 6.23. The smallest absolute Gasteiger partial charge is 0.409 e. The van der Waals surface area contributed by atoms with Gasteiger partial charge in [-0.25, -0.2) is 4.79 Å². The van der Waals surface area contributed by atoms with Crippen LogP contribution in [0.1, 0.15) is 36.8 Å². The molecule has 1 amide bonds. The molecule has 0 aromatic heterocycles. The molecule has 1 fully saturated rings. The molecule has 1 aliphatic heterocycles. The van der Waals surface area contributed by atoms with E-state index in [2.05, 4.69) is 43.3 Å². The van der Waals surface area contributed by atoms with E-state index >= 15 is 0 Å². The standard InChI is InChI=1S/C23H27NO3/c1-16(14-25)17-10-12-24(13-11-17)23(26)27-15-22-20-8-4-2-6-18(20)19-7-3-5-9-21(19)22/h2-9,16-17,22,25H,10-15H2,1H3. The number of amides is 1. The van der Waals surface area contributed by atoms with Gasteiger partial charge in [0.15, 0.2) is 0 Å². The highest BCUT2D eigenvalue weighted by molar-refractivity contribution is 5.79. The average molecular weight is 365 g/mol. The zero-order valence-corrected chi connectivity index (χ0v) is 15.8. The lowest BCUT2D eigenvalue weighted by atomic mass is 9.86. The van der Waals surface area contributed by atoms with E-state index in [1.807, 2.05) is 17.0 Å². The summed E-state index contributed by atoms with van der Waals surface area (Å²) in [6.07, 6.45) is 1.66. The summed E-state index contributed by atoms with van der Waals surface area (Å²) < 4.78 is 5.74. The van der Waals surface area contributed by atoms with Crippen molar-refractivity contribution in [2.45, 2.75) is 25.7 Å². The van der Waals surface area contributed by atoms with E-state index in [9.17, 15) is 9.90 Å². The number of aliphatic hydroxyl groups excluding tert-OH is 1. The van der Waals surface area contributed by atoms with Gasteiger partial charge in [-0.1, -0.05) is 55.5 Å². The Morgan fingerprint density at radius 1 is 1.07 bits per heavy atom. The van der Waals surface area contributed by atoms with E-state index < -0.39 is 0 Å². The lowest BCUT2D eigenvalue weighted by molar-refractivity contribution is 0.0730. The molecule has 1 unspecified atom stereocenters. The lowest BCUT2D eigenvalue weighted by Gasteiger charge is -2.34. The molecule has 2 aromatic rings. The summed E-state index contributed by atoms with van der Waals surface area (Å²) in [6, 6.07) is 16.8. The molecule has 27 heavy (non-hydrogen) atoms. The highest BCUT2D eigenvalue weighted by Crippen LogP contribution is 2.44. The SMILES string of the molecule is CC(CO)C1CCN(C(=O)OCC2c3ccccc3-c3ccccc32)CC1. The van der Waals surface area contributed by atoms with Crippen molar-refractivity contribution in [3.8, 4) is 11.1 Å². The van der Waals surface area contributed by atoms with Crippen molar-refractivity contribution in [2.75, 3.05) is 26.3 Å². The Kier molecular flexibility index (Phi) is 5.17. The molecule has 142 valence electrons. The van der Waals surface area contributed by atoms with E-state index in [1.165, 1.54) is 22.3 Å². The van der Waals surface area contributed by atoms with E-state index in [0.29, 0.717) is 31.5 Å². The van der Waals surface area contributed by atoms with Gasteiger partial charge in [-0.15, -0.1) is 0 Å². The van der Waals surface area contributed by atoms with Crippen molar-refractivity contribution in [1.82, 2.24) is 4.90 Å². The van der Waals surface area contributed by atoms with Crippen LogP contribution in [-0.2, 0) is 4.74 Å². The van der Waals surface area contributed by atoms with Gasteiger partial charge in [0.05, 0.1) is 0 Å². The van der Waals surface area contributed by atoms with Crippen molar-refractivity contribution >= 4 is 6.09 Å². The number of hydrogen-bond donors (Lipinski definition) is 1. The summed E-state index contributed by atoms with van der Waals surface area (Å²) in [5.41, 5.74) is 4.96. The highest BCUT2D eigenvalue weighted by Gasteiger charge is 2.31. The van der Waals surface area contributed by atoms with Crippen molar-refractivity contribution in [2.24, 2.45) is 11.8 Å². The number of rotatable bonds is 4. The molecule has 4 rings (SSSR count). The fourth-order valence-corrected chi connectivity index (χ4v) is 4.49. The normalized spacial score (nSPS) is 18.1. The van der Waals surface area contributed by atoms with Gasteiger partial charge in [-0.05, 0) is 46.9 Å². The first-order chi connectivity index (χ1) is 13.2. The van der Waals surface area contributed by atoms with Crippen LogP contribution in [0, 0.1) is 11.8 Å². The molecule has 1 N–H and O–H groups in total. The first kappa shape index (κ1) is 18.1. The number of carbonyl (C=O) groups is 1. The number of piperidine rings is 1. The van der Waals surface area contributed by atoms with E-state index in [4.69, 9.17) is 4.74 Å². The van der Waals surface area contributed by atoms with Crippen LogP contribution in [0.5, 0.6) is 0 Å². The Balaban J connectivity index is 1.40. The van der Waals surface area contributed by atoms with Crippen LogP contribution in [-0.4, -0.2) is 42.4 Å². The van der Waals surface area contributed by atoms with Crippen molar-refractivity contribution in [1.29, 1.82) is 0 Å². The van der Waals surface area contributed by atoms with Gasteiger partial charge in [-0.3, -0.25) is 0 Å². The quantitative estimate of drug-likeness (QED) is 0.880. The average Bonchev–Trinajstić information content (AvgIpc) is 3.05. The fraction of sp³-hybridized carbons (Fsp3) is 0.435. The monoisotopic (exact) mass is 365 g/mol. The molecule has 0 spiro atoms.